The number of rotatable bonds is 3. The van der Waals surface area contributed by atoms with Crippen LogP contribution >= 0.6 is 18.3 Å². The van der Waals surface area contributed by atoms with Crippen molar-refractivity contribution in [3.8, 4) is 0 Å². The molecule has 0 saturated carbocycles. The molecule has 0 aliphatic rings. The second-order valence-corrected chi connectivity index (χ2v) is 5.31. The maximum Gasteiger partial charge on any atom is 0.374 e. The van der Waals surface area contributed by atoms with Crippen molar-refractivity contribution < 1.29 is 14.3 Å². The predicted molar refractivity (Wildman–Crippen MR) is 48.6 cm³/mol. The predicted octanol–water partition coefficient (Wildman–Crippen LogP) is 1.95. The Kier molecular flexibility index (Phi) is 4.59. The van der Waals surface area contributed by atoms with Crippen LogP contribution in [0.15, 0.2) is 11.3 Å². The molecule has 0 aromatic carbocycles. The van der Waals surface area contributed by atoms with Gasteiger partial charge in [-0.05, 0) is 5.92 Å². The monoisotopic (exact) mass is 216 g/mol. The maximum atomic E-state index is 8.60. The van der Waals surface area contributed by atoms with Gasteiger partial charge in [-0.1, -0.05) is 25.4 Å². The van der Waals surface area contributed by atoms with E-state index in [1.54, 1.807) is 0 Å². The molecule has 0 aromatic heterocycles. The van der Waals surface area contributed by atoms with Crippen LogP contribution in [0.25, 0.3) is 0 Å². The van der Waals surface area contributed by atoms with Crippen molar-refractivity contribution in [1.82, 2.24) is 0 Å². The standard InChI is InChI=1S/C5H10ClO3PS/c1-4(2)5(6)3-9-10(7,8)11/h3-4H,1-2H3,(H2,7,8,11). The summed E-state index contributed by atoms with van der Waals surface area (Å²) in [5.41, 5.74) is 0. The van der Waals surface area contributed by atoms with Crippen LogP contribution in [0.2, 0.25) is 0 Å². The first-order valence-electron chi connectivity index (χ1n) is 2.92. The van der Waals surface area contributed by atoms with Crippen LogP contribution in [0.3, 0.4) is 0 Å². The Morgan fingerprint density at radius 2 is 2.09 bits per heavy atom. The number of halogens is 1. The lowest BCUT2D eigenvalue weighted by Crippen LogP contribution is -1.87. The Morgan fingerprint density at radius 3 is 2.36 bits per heavy atom. The van der Waals surface area contributed by atoms with Crippen LogP contribution in [0.4, 0.5) is 0 Å². The van der Waals surface area contributed by atoms with E-state index in [9.17, 15) is 0 Å². The molecule has 0 saturated heterocycles. The third-order valence-electron chi connectivity index (χ3n) is 0.854. The summed E-state index contributed by atoms with van der Waals surface area (Å²) in [5.74, 6) is 0.0956. The average Bonchev–Trinajstić information content (AvgIpc) is 1.80. The highest BCUT2D eigenvalue weighted by molar-refractivity contribution is 8.06. The molecule has 0 spiro atoms. The molecule has 0 aromatic rings. The highest BCUT2D eigenvalue weighted by atomic mass is 35.5. The van der Waals surface area contributed by atoms with Gasteiger partial charge in [-0.2, -0.15) is 0 Å². The zero-order chi connectivity index (χ0) is 9.07. The van der Waals surface area contributed by atoms with E-state index in [-0.39, 0.29) is 5.92 Å². The van der Waals surface area contributed by atoms with Gasteiger partial charge in [0, 0.05) is 11.8 Å². The summed E-state index contributed by atoms with van der Waals surface area (Å²) in [6, 6.07) is 0. The molecule has 2 N–H and O–H groups in total. The summed E-state index contributed by atoms with van der Waals surface area (Å²) in [4.78, 5) is 17.2. The van der Waals surface area contributed by atoms with Crippen LogP contribution < -0.4 is 0 Å². The third kappa shape index (κ3) is 6.78. The lowest BCUT2D eigenvalue weighted by molar-refractivity contribution is 0.336. The zero-order valence-corrected chi connectivity index (χ0v) is 8.66. The minimum Gasteiger partial charge on any atom is -0.431 e. The first-order chi connectivity index (χ1) is 4.83. The SMILES string of the molecule is CC(C)C(Cl)=COP(O)(O)=S. The third-order valence-corrected chi connectivity index (χ3v) is 2.02. The molecule has 6 heteroatoms. The fourth-order valence-electron chi connectivity index (χ4n) is 0.255. The molecule has 0 rings (SSSR count). The Labute approximate surface area is 75.9 Å². The normalized spacial score (nSPS) is 13.8. The van der Waals surface area contributed by atoms with Crippen molar-refractivity contribution in [2.24, 2.45) is 5.92 Å². The maximum absolute atomic E-state index is 8.60. The van der Waals surface area contributed by atoms with E-state index in [0.717, 1.165) is 6.26 Å². The number of allylic oxidation sites excluding steroid dienone is 1. The molecular weight excluding hydrogens is 207 g/mol. The summed E-state index contributed by atoms with van der Waals surface area (Å²) in [7, 11) is 0. The Hall–Kier alpha value is 0.400. The first-order valence-corrected chi connectivity index (χ1v) is 5.93. The zero-order valence-electron chi connectivity index (χ0n) is 6.19. The molecule has 3 nitrogen and oxygen atoms in total. The smallest absolute Gasteiger partial charge is 0.374 e. The fraction of sp³-hybridized carbons (Fsp3) is 0.600. The van der Waals surface area contributed by atoms with Gasteiger partial charge in [0.25, 0.3) is 0 Å². The summed E-state index contributed by atoms with van der Waals surface area (Å²) in [6.07, 6.45) is 1.08. The molecule has 0 unspecified atom stereocenters. The molecule has 11 heavy (non-hydrogen) atoms. The second-order valence-electron chi connectivity index (χ2n) is 2.25. The number of hydrogen-bond acceptors (Lipinski definition) is 2. The van der Waals surface area contributed by atoms with Crippen molar-refractivity contribution in [2.45, 2.75) is 13.8 Å². The van der Waals surface area contributed by atoms with Crippen LogP contribution in [0.5, 0.6) is 0 Å². The lowest BCUT2D eigenvalue weighted by atomic mass is 10.2. The van der Waals surface area contributed by atoms with E-state index >= 15 is 0 Å². The fourth-order valence-corrected chi connectivity index (χ4v) is 0.742. The van der Waals surface area contributed by atoms with E-state index in [0.29, 0.717) is 5.03 Å². The van der Waals surface area contributed by atoms with Crippen LogP contribution in [-0.4, -0.2) is 9.79 Å². The van der Waals surface area contributed by atoms with Gasteiger partial charge in [0.15, 0.2) is 0 Å². The van der Waals surface area contributed by atoms with Crippen LogP contribution in [-0.2, 0) is 16.3 Å². The van der Waals surface area contributed by atoms with Gasteiger partial charge in [0.1, 0.15) is 6.26 Å². The molecule has 0 fully saturated rings. The van der Waals surface area contributed by atoms with Crippen molar-refractivity contribution in [3.05, 3.63) is 11.3 Å². The summed E-state index contributed by atoms with van der Waals surface area (Å²) in [6.45, 7) is 0.109. The Morgan fingerprint density at radius 1 is 1.64 bits per heavy atom. The average molecular weight is 217 g/mol. The molecule has 0 aliphatic heterocycles. The largest absolute Gasteiger partial charge is 0.431 e. The highest BCUT2D eigenvalue weighted by Gasteiger charge is 2.07. The topological polar surface area (TPSA) is 49.7 Å². The Bertz CT molecular complexity index is 198. The van der Waals surface area contributed by atoms with Gasteiger partial charge in [-0.3, -0.25) is 0 Å². The van der Waals surface area contributed by atoms with E-state index in [1.165, 1.54) is 0 Å². The van der Waals surface area contributed by atoms with Crippen molar-refractivity contribution in [1.29, 1.82) is 0 Å². The molecule has 0 bridgehead atoms. The molecule has 0 aliphatic carbocycles. The van der Waals surface area contributed by atoms with Crippen LogP contribution in [0, 0.1) is 5.92 Å². The molecule has 0 heterocycles. The van der Waals surface area contributed by atoms with Gasteiger partial charge in [-0.15, -0.1) is 0 Å². The van der Waals surface area contributed by atoms with Gasteiger partial charge >= 0.3 is 6.72 Å². The minimum absolute atomic E-state index is 0.0956. The molecular formula is C5H10ClO3PS. The first kappa shape index (κ1) is 11.4. The quantitative estimate of drug-likeness (QED) is 0.559. The van der Waals surface area contributed by atoms with E-state index in [4.69, 9.17) is 21.4 Å². The van der Waals surface area contributed by atoms with Crippen molar-refractivity contribution in [2.75, 3.05) is 0 Å². The lowest BCUT2D eigenvalue weighted by Gasteiger charge is -2.07. The van der Waals surface area contributed by atoms with Gasteiger partial charge in [0.2, 0.25) is 0 Å². The number of hydrogen-bond donors (Lipinski definition) is 2. The summed E-state index contributed by atoms with van der Waals surface area (Å²) >= 11 is 9.79. The van der Waals surface area contributed by atoms with E-state index < -0.39 is 6.72 Å². The van der Waals surface area contributed by atoms with Crippen LogP contribution in [0.1, 0.15) is 13.8 Å². The summed E-state index contributed by atoms with van der Waals surface area (Å²) in [5, 5.41) is 0.405. The minimum atomic E-state index is -3.59. The van der Waals surface area contributed by atoms with Gasteiger partial charge < -0.3 is 14.3 Å². The Balaban J connectivity index is 4.04. The van der Waals surface area contributed by atoms with Crippen molar-refractivity contribution >= 4 is 30.1 Å². The van der Waals surface area contributed by atoms with Crippen molar-refractivity contribution in [3.63, 3.8) is 0 Å². The highest BCUT2D eigenvalue weighted by Crippen LogP contribution is 2.37. The van der Waals surface area contributed by atoms with Gasteiger partial charge in [-0.25, -0.2) is 0 Å². The second kappa shape index (κ2) is 4.43. The molecule has 0 amide bonds. The summed E-state index contributed by atoms with van der Waals surface area (Å²) < 4.78 is 4.40. The molecule has 66 valence electrons. The molecule has 0 atom stereocenters. The van der Waals surface area contributed by atoms with E-state index in [1.807, 2.05) is 13.8 Å². The van der Waals surface area contributed by atoms with Gasteiger partial charge in [0.05, 0.1) is 5.03 Å². The molecule has 0 radical (unpaired) electrons. The van der Waals surface area contributed by atoms with E-state index in [2.05, 4.69) is 16.3 Å².